The number of anilines is 2. The monoisotopic (exact) mass is 1550 g/mol. The summed E-state index contributed by atoms with van der Waals surface area (Å²) in [5.74, 6) is -0.162. The molecule has 99 heavy (non-hydrogen) atoms. The second kappa shape index (κ2) is 39.6. The number of hydrogen-bond donors (Lipinski definition) is 5. The van der Waals surface area contributed by atoms with Gasteiger partial charge in [-0.3, -0.25) is 37.8 Å². The van der Waals surface area contributed by atoms with Crippen LogP contribution in [0.25, 0.3) is 0 Å². The summed E-state index contributed by atoms with van der Waals surface area (Å²) in [7, 11) is 5.55. The van der Waals surface area contributed by atoms with Gasteiger partial charge in [-0.05, 0) is 34.6 Å². The van der Waals surface area contributed by atoms with Gasteiger partial charge >= 0.3 is 111 Å². The number of nitrogen functional groups attached to an aromatic ring is 2. The van der Waals surface area contributed by atoms with E-state index < -0.39 is 172 Å². The summed E-state index contributed by atoms with van der Waals surface area (Å²) in [4.78, 5) is 135. The van der Waals surface area contributed by atoms with Gasteiger partial charge < -0.3 is 115 Å². The molecule has 0 bridgehead atoms. The third kappa shape index (κ3) is 22.7. The standard InChI is InChI=1S/C52H79N10O28P3S3.3Na/c1-25-18-59(49(66)55-41(25)53)46-38(78-15-11-74-7)34(29(5)84-46)88-91(70,94)82-23-31-35(39(79-16-12-75-8)47(86-31)60-19-26(2)42(54)56-50(60)67)90-93(72,96)83-24-32-36(40(80-17-13-76-9)48(87-32)62-21-28(4)44(65)58-52(62)69)89-92(71,95)81-22-30-33(63)37(77-14-10-73-6)45(85-30)61-20-27(3)43(64)57-51(61)68;;;/h18-21,29-40,45-48,63H,10-17,22-24H2,1-9H3,(H,70,94)(H,71,95)(H,72,96)(H2,53,55,66)(H2,54,56,67)(H,57,64,68)(H,58,65,69);;;/q;3*+1/p-3/t29-,30-,31-,32-,33-,34-,35-,36-,37?,38?,39?,40?,45-,46-,47-,48-,91?,92?,93?;;;/m1.../s1. The molecule has 0 amide bonds. The summed E-state index contributed by atoms with van der Waals surface area (Å²) in [5.41, 5.74) is 7.60. The van der Waals surface area contributed by atoms with Crippen molar-refractivity contribution >= 4 is 67.2 Å². The van der Waals surface area contributed by atoms with Crippen molar-refractivity contribution in [1.29, 1.82) is 0 Å². The van der Waals surface area contributed by atoms with Crippen LogP contribution in [0.5, 0.6) is 0 Å². The topological polar surface area (TPSA) is 487 Å². The molecule has 538 valence electrons. The molecule has 4 aliphatic heterocycles. The average molecular weight is 1550 g/mol. The summed E-state index contributed by atoms with van der Waals surface area (Å²) < 4.78 is 110. The van der Waals surface area contributed by atoms with E-state index in [4.69, 9.17) is 131 Å². The van der Waals surface area contributed by atoms with Crippen molar-refractivity contribution in [2.75, 3.05) is 113 Å². The maximum absolute atomic E-state index is 15.0. The Morgan fingerprint density at radius 2 is 0.778 bits per heavy atom. The first-order valence-electron chi connectivity index (χ1n) is 29.4. The number of methoxy groups -OCH3 is 4. The fraction of sp³-hybridized carbons (Fsp3) is 0.692. The molecular weight excluding hydrogens is 1470 g/mol. The molecule has 0 spiro atoms. The van der Waals surface area contributed by atoms with Gasteiger partial charge in [0.15, 0.2) is 24.9 Å². The number of nitrogens with zero attached hydrogens (tertiary/aromatic N) is 6. The van der Waals surface area contributed by atoms with E-state index in [0.29, 0.717) is 11.1 Å². The zero-order chi connectivity index (χ0) is 70.1. The third-order valence-electron chi connectivity index (χ3n) is 15.4. The van der Waals surface area contributed by atoms with E-state index in [2.05, 4.69) is 19.9 Å². The number of aliphatic hydroxyl groups excluding tert-OH is 1. The van der Waals surface area contributed by atoms with Gasteiger partial charge in [0.05, 0.1) is 78.8 Å². The van der Waals surface area contributed by atoms with Crippen LogP contribution in [0.4, 0.5) is 11.6 Å². The first-order valence-corrected chi connectivity index (χ1v) is 37.1. The molecule has 0 saturated carbocycles. The van der Waals surface area contributed by atoms with E-state index in [1.54, 1.807) is 13.8 Å². The summed E-state index contributed by atoms with van der Waals surface area (Å²) in [6, 6.07) is 0. The maximum atomic E-state index is 15.0. The fourth-order valence-electron chi connectivity index (χ4n) is 10.5. The Morgan fingerprint density at radius 3 is 1.16 bits per heavy atom. The number of H-pyrrole nitrogens is 2. The first-order chi connectivity index (χ1) is 45.4. The second-order valence-electron chi connectivity index (χ2n) is 22.1. The van der Waals surface area contributed by atoms with Gasteiger partial charge in [0.2, 0.25) is 0 Å². The van der Waals surface area contributed by atoms with Gasteiger partial charge in [0.1, 0.15) is 98.9 Å². The predicted molar refractivity (Wildman–Crippen MR) is 337 cm³/mol. The van der Waals surface area contributed by atoms with Crippen LogP contribution in [0, 0.1) is 27.7 Å². The van der Waals surface area contributed by atoms with Crippen molar-refractivity contribution in [2.45, 2.75) is 133 Å². The SMILES string of the molecule is COCCOC1[C@H](n2cc(C)c(=O)[nH]c2=O)O[C@H](COP([O-])(=S)O[C@H]2C(OCCOC)[C@H](n3cc(C)c(=O)[nH]c3=O)O[C@@H]2COP([O-])(=S)O[C@H]2C(OCCOC)[C@H](n3cc(C)c(N)nc3=O)O[C@@H]2COP([O-])(=S)O[C@H]2C(OCCOC)[C@H](n3cc(C)c(N)nc3=O)O[C@@H]2C)[C@H]1O.[Na+].[Na+].[Na+]. The number of nitrogens with one attached hydrogen (secondary N) is 2. The number of aryl methyl sites for hydroxylation is 4. The van der Waals surface area contributed by atoms with Crippen molar-refractivity contribution in [3.63, 3.8) is 0 Å². The van der Waals surface area contributed by atoms with Gasteiger partial charge in [-0.2, -0.15) is 9.97 Å². The Morgan fingerprint density at radius 1 is 0.475 bits per heavy atom. The molecule has 8 rings (SSSR count). The van der Waals surface area contributed by atoms with Crippen LogP contribution >= 0.6 is 20.2 Å². The van der Waals surface area contributed by atoms with Crippen molar-refractivity contribution in [2.24, 2.45) is 0 Å². The molecule has 38 nitrogen and oxygen atoms in total. The molecule has 0 aromatic carbocycles. The molecule has 4 aromatic rings. The average Bonchev–Trinajstić information content (AvgIpc) is 1.66. The summed E-state index contributed by atoms with van der Waals surface area (Å²) in [5, 5.41) is 11.6. The summed E-state index contributed by atoms with van der Waals surface area (Å²) in [6.07, 6.45) is -18.6. The van der Waals surface area contributed by atoms with E-state index in [0.717, 1.165) is 24.5 Å². The molecule has 4 fully saturated rings. The number of ether oxygens (including phenoxy) is 12. The quantitative estimate of drug-likeness (QED) is 0.0162. The van der Waals surface area contributed by atoms with Crippen molar-refractivity contribution in [1.82, 2.24) is 38.2 Å². The van der Waals surface area contributed by atoms with Crippen molar-refractivity contribution in [3.05, 3.63) is 110 Å². The number of aliphatic hydroxyl groups is 1. The Balaban J connectivity index is 0.00000589. The Hall–Kier alpha value is -1.21. The molecule has 8 heterocycles. The van der Waals surface area contributed by atoms with Crippen molar-refractivity contribution in [3.8, 4) is 0 Å². The molecule has 7 unspecified atom stereocenters. The van der Waals surface area contributed by atoms with E-state index in [1.807, 2.05) is 0 Å². The van der Waals surface area contributed by atoms with Crippen LogP contribution in [0.15, 0.2) is 53.6 Å². The zero-order valence-electron chi connectivity index (χ0n) is 56.2. The zero-order valence-corrected chi connectivity index (χ0v) is 67.3. The summed E-state index contributed by atoms with van der Waals surface area (Å²) in [6.45, 7) is -10.7. The van der Waals surface area contributed by atoms with Gasteiger partial charge in [0, 0.05) is 75.5 Å². The second-order valence-corrected chi connectivity index (χ2v) is 30.2. The minimum Gasteiger partial charge on any atom is -0.780 e. The molecule has 0 aliphatic carbocycles. The molecule has 4 saturated heterocycles. The van der Waals surface area contributed by atoms with E-state index in [9.17, 15) is 43.7 Å². The van der Waals surface area contributed by atoms with Crippen LogP contribution in [-0.4, -0.2) is 218 Å². The van der Waals surface area contributed by atoms with E-state index in [1.165, 1.54) is 67.8 Å². The molecule has 4 aliphatic rings. The van der Waals surface area contributed by atoms with Gasteiger partial charge in [-0.1, -0.05) is 35.4 Å². The van der Waals surface area contributed by atoms with Gasteiger partial charge in [-0.25, -0.2) is 19.2 Å². The van der Waals surface area contributed by atoms with Crippen molar-refractivity contribution < 1.29 is 192 Å². The predicted octanol–water partition coefficient (Wildman–Crippen LogP) is -12.9. The minimum atomic E-state index is -5.09. The van der Waals surface area contributed by atoms with E-state index >= 15 is 4.89 Å². The summed E-state index contributed by atoms with van der Waals surface area (Å²) >= 11 is 16.5. The third-order valence-corrected chi connectivity index (χ3v) is 20.0. The Bertz CT molecular complexity index is 3870. The maximum Gasteiger partial charge on any atom is 1.00 e. The number of aromatic nitrogens is 8. The Kier molecular flexibility index (Phi) is 35.4. The molecule has 4 aromatic heterocycles. The largest absolute Gasteiger partial charge is 1.00 e. The number of aromatic amines is 2. The molecular formula is C52H76N10Na3O28P3S3. The normalized spacial score (nSPS) is 28.5. The molecule has 7 N–H and O–H groups in total. The molecule has 0 radical (unpaired) electrons. The molecule has 47 heteroatoms. The fourth-order valence-corrected chi connectivity index (χ4v) is 14.8. The van der Waals surface area contributed by atoms with Crippen LogP contribution in [-0.2, 0) is 119 Å². The first kappa shape index (κ1) is 88.4. The van der Waals surface area contributed by atoms with Crippen LogP contribution in [0.1, 0.15) is 54.1 Å². The molecule has 19 atom stereocenters. The number of rotatable bonds is 35. The van der Waals surface area contributed by atoms with Gasteiger partial charge in [-0.15, -0.1) is 0 Å². The van der Waals surface area contributed by atoms with Crippen LogP contribution < -0.4 is 149 Å². The van der Waals surface area contributed by atoms with Crippen LogP contribution in [0.3, 0.4) is 0 Å². The van der Waals surface area contributed by atoms with Crippen LogP contribution in [0.2, 0.25) is 0 Å². The number of hydrogen-bond acceptors (Lipinski definition) is 35. The van der Waals surface area contributed by atoms with E-state index in [-0.39, 0.29) is 164 Å². The smallest absolute Gasteiger partial charge is 0.780 e. The van der Waals surface area contributed by atoms with Gasteiger partial charge in [0.25, 0.3) is 11.1 Å². The number of nitrogens with two attached hydrogens (primary N) is 2. The Labute approximate surface area is 647 Å². The minimum absolute atomic E-state index is 0.